The summed E-state index contributed by atoms with van der Waals surface area (Å²) < 4.78 is 22.2. The van der Waals surface area contributed by atoms with Gasteiger partial charge in [0.25, 0.3) is 0 Å². The summed E-state index contributed by atoms with van der Waals surface area (Å²) in [4.78, 5) is 31.0. The maximum absolute atomic E-state index is 9.63. The molecule has 0 aliphatic carbocycles. The number of rotatable bonds is 2. The Balaban J connectivity index is 0. The molecule has 0 fully saturated rings. The molecule has 14 heavy (non-hydrogen) atoms. The van der Waals surface area contributed by atoms with E-state index in [-0.39, 0.29) is 0 Å². The second-order valence-electron chi connectivity index (χ2n) is 2.43. The van der Waals surface area contributed by atoms with Crippen molar-refractivity contribution in [3.8, 4) is 0 Å². The largest absolute Gasteiger partial charge is 0.478 e. The lowest BCUT2D eigenvalue weighted by Crippen LogP contribution is -1.84. The number of phosphoric acid groups is 2. The maximum atomic E-state index is 9.63. The van der Waals surface area contributed by atoms with Crippen molar-refractivity contribution in [1.29, 1.82) is 0 Å². The fourth-order valence-corrected chi connectivity index (χ4v) is 1.25. The summed E-state index contributed by atoms with van der Waals surface area (Å²) in [5, 5.41) is 0. The quantitative estimate of drug-likeness (QED) is 0.426. The van der Waals surface area contributed by atoms with Crippen LogP contribution in [0.2, 0.25) is 0 Å². The third-order valence-corrected chi connectivity index (χ3v) is 2.49. The van der Waals surface area contributed by atoms with Gasteiger partial charge in [0.15, 0.2) is 0 Å². The Hall–Kier alpha value is -0.0000000000000000971. The normalized spacial score (nSPS) is 11.4. The Morgan fingerprint density at radius 3 is 1.29 bits per heavy atom. The molecule has 9 heteroatoms. The van der Waals surface area contributed by atoms with Crippen molar-refractivity contribution in [3.63, 3.8) is 0 Å². The van der Waals surface area contributed by atoms with E-state index in [1.807, 2.05) is 6.92 Å². The third kappa shape index (κ3) is 22.7. The van der Waals surface area contributed by atoms with E-state index in [0.29, 0.717) is 0 Å². The average molecular weight is 248 g/mol. The first-order valence-corrected chi connectivity index (χ1v) is 6.46. The highest BCUT2D eigenvalue weighted by Crippen LogP contribution is 2.53. The molecule has 4 N–H and O–H groups in total. The van der Waals surface area contributed by atoms with E-state index >= 15 is 0 Å². The number of allylic oxidation sites excluding steroid dienone is 2. The van der Waals surface area contributed by atoms with Gasteiger partial charge in [-0.3, -0.25) is 0 Å². The minimum absolute atomic E-state index is 1.38. The standard InChI is InChI=1S/C5H10.H4O7P2/c1-4-5(2)3;1-8(2,3)7-9(4,5)6/h4H,1-3H3;(H2,1,2,3)(H2,4,5,6). The summed E-state index contributed by atoms with van der Waals surface area (Å²) in [6.07, 6.45) is 2.08. The van der Waals surface area contributed by atoms with Gasteiger partial charge in [0.1, 0.15) is 0 Å². The van der Waals surface area contributed by atoms with Crippen LogP contribution in [-0.2, 0) is 13.4 Å². The van der Waals surface area contributed by atoms with Gasteiger partial charge in [-0.15, -0.1) is 0 Å². The van der Waals surface area contributed by atoms with Crippen LogP contribution in [0.1, 0.15) is 20.8 Å². The van der Waals surface area contributed by atoms with Crippen molar-refractivity contribution in [2.24, 2.45) is 0 Å². The molecule has 0 saturated heterocycles. The SMILES string of the molecule is CC=C(C)C.O=P(O)(O)OP(=O)(O)O. The molecule has 86 valence electrons. The first-order chi connectivity index (χ1) is 5.98. The predicted molar refractivity (Wildman–Crippen MR) is 50.3 cm³/mol. The Kier molecular flexibility index (Phi) is 7.60. The summed E-state index contributed by atoms with van der Waals surface area (Å²) in [6, 6.07) is 0. The zero-order valence-electron chi connectivity index (χ0n) is 7.99. The van der Waals surface area contributed by atoms with E-state index < -0.39 is 15.6 Å². The minimum atomic E-state index is -5.05. The molecule has 0 aromatic rings. The number of hydrogen-bond acceptors (Lipinski definition) is 3. The van der Waals surface area contributed by atoms with Crippen LogP contribution in [0.3, 0.4) is 0 Å². The van der Waals surface area contributed by atoms with Crippen LogP contribution in [0.25, 0.3) is 0 Å². The van der Waals surface area contributed by atoms with Crippen LogP contribution in [0, 0.1) is 0 Å². The first kappa shape index (κ1) is 16.4. The molecular formula is C5H14O7P2. The average Bonchev–Trinajstić information content (AvgIpc) is 1.80. The van der Waals surface area contributed by atoms with Crippen molar-refractivity contribution in [2.45, 2.75) is 20.8 Å². The van der Waals surface area contributed by atoms with Gasteiger partial charge < -0.3 is 19.6 Å². The van der Waals surface area contributed by atoms with E-state index in [1.165, 1.54) is 5.57 Å². The zero-order chi connectivity index (χ0) is 12.0. The highest BCUT2D eigenvalue weighted by atomic mass is 31.3. The number of hydrogen-bond donors (Lipinski definition) is 4. The van der Waals surface area contributed by atoms with Gasteiger partial charge >= 0.3 is 15.6 Å². The fourth-order valence-electron chi connectivity index (χ4n) is 0.139. The van der Waals surface area contributed by atoms with Crippen LogP contribution in [0.5, 0.6) is 0 Å². The van der Waals surface area contributed by atoms with Crippen LogP contribution in [-0.4, -0.2) is 19.6 Å². The summed E-state index contributed by atoms with van der Waals surface area (Å²) in [6.45, 7) is 6.20. The van der Waals surface area contributed by atoms with Gasteiger partial charge in [-0.25, -0.2) is 9.13 Å². The van der Waals surface area contributed by atoms with Gasteiger partial charge in [0, 0.05) is 0 Å². The molecule has 0 rings (SSSR count). The lowest BCUT2D eigenvalue weighted by atomic mass is 10.3. The van der Waals surface area contributed by atoms with Gasteiger partial charge in [0.05, 0.1) is 0 Å². The van der Waals surface area contributed by atoms with Crippen molar-refractivity contribution >= 4 is 15.6 Å². The molecule has 7 nitrogen and oxygen atoms in total. The maximum Gasteiger partial charge on any atom is 0.478 e. The van der Waals surface area contributed by atoms with E-state index in [0.717, 1.165) is 0 Å². The second-order valence-corrected chi connectivity index (χ2v) is 5.04. The topological polar surface area (TPSA) is 124 Å². The molecule has 0 radical (unpaired) electrons. The molecule has 0 spiro atoms. The summed E-state index contributed by atoms with van der Waals surface area (Å²) in [7, 11) is -10.1. The lowest BCUT2D eigenvalue weighted by molar-refractivity contribution is 0.225. The van der Waals surface area contributed by atoms with E-state index in [9.17, 15) is 9.13 Å². The molecule has 0 aromatic heterocycles. The molecule has 0 aliphatic heterocycles. The van der Waals surface area contributed by atoms with E-state index in [2.05, 4.69) is 24.2 Å². The van der Waals surface area contributed by atoms with Crippen molar-refractivity contribution < 1.29 is 33.0 Å². The summed E-state index contributed by atoms with van der Waals surface area (Å²) >= 11 is 0. The van der Waals surface area contributed by atoms with Crippen molar-refractivity contribution in [3.05, 3.63) is 11.6 Å². The Labute approximate surface area is 81.9 Å². The minimum Gasteiger partial charge on any atom is -0.302 e. The van der Waals surface area contributed by atoms with Crippen LogP contribution in [0.15, 0.2) is 11.6 Å². The van der Waals surface area contributed by atoms with E-state index in [4.69, 9.17) is 19.6 Å². The fraction of sp³-hybridized carbons (Fsp3) is 0.600. The van der Waals surface area contributed by atoms with Gasteiger partial charge in [-0.1, -0.05) is 11.6 Å². The Morgan fingerprint density at radius 1 is 1.07 bits per heavy atom. The molecule has 0 unspecified atom stereocenters. The Morgan fingerprint density at radius 2 is 1.29 bits per heavy atom. The predicted octanol–water partition coefficient (Wildman–Crippen LogP) is 1.16. The molecule has 0 bridgehead atoms. The van der Waals surface area contributed by atoms with Crippen molar-refractivity contribution in [2.75, 3.05) is 0 Å². The molecule has 0 heterocycles. The van der Waals surface area contributed by atoms with E-state index in [1.54, 1.807) is 0 Å². The molecule has 0 atom stereocenters. The Bertz CT molecular complexity index is 248. The second kappa shape index (κ2) is 6.48. The monoisotopic (exact) mass is 248 g/mol. The first-order valence-electron chi connectivity index (χ1n) is 3.40. The van der Waals surface area contributed by atoms with Crippen LogP contribution < -0.4 is 0 Å². The molecule has 0 saturated carbocycles. The molecule has 0 aliphatic rings. The lowest BCUT2D eigenvalue weighted by Gasteiger charge is -2.03. The third-order valence-electron chi connectivity index (χ3n) is 0.790. The van der Waals surface area contributed by atoms with Gasteiger partial charge in [-0.2, -0.15) is 4.31 Å². The van der Waals surface area contributed by atoms with Gasteiger partial charge in [-0.05, 0) is 20.8 Å². The van der Waals surface area contributed by atoms with Crippen LogP contribution in [0.4, 0.5) is 0 Å². The zero-order valence-corrected chi connectivity index (χ0v) is 9.77. The summed E-state index contributed by atoms with van der Waals surface area (Å²) in [5.41, 5.74) is 1.38. The highest BCUT2D eigenvalue weighted by molar-refractivity contribution is 7.60. The van der Waals surface area contributed by atoms with Crippen LogP contribution >= 0.6 is 15.6 Å². The highest BCUT2D eigenvalue weighted by Gasteiger charge is 2.27. The molecule has 0 amide bonds. The smallest absolute Gasteiger partial charge is 0.302 e. The summed E-state index contributed by atoms with van der Waals surface area (Å²) in [5.74, 6) is 0. The van der Waals surface area contributed by atoms with Gasteiger partial charge in [0.2, 0.25) is 0 Å². The molecular weight excluding hydrogens is 234 g/mol. The molecule has 0 aromatic carbocycles. The van der Waals surface area contributed by atoms with Crippen molar-refractivity contribution in [1.82, 2.24) is 0 Å².